The molecule has 0 atom stereocenters. The number of carbonyl (C=O) groups is 2. The largest absolute Gasteiger partial charge is 0.298 e. The topological polar surface area (TPSA) is 57.9 Å². The summed E-state index contributed by atoms with van der Waals surface area (Å²) in [5.74, 6) is 0. The van der Waals surface area contributed by atoms with E-state index in [-0.39, 0.29) is 16.7 Å². The maximum absolute atomic E-state index is 10.9. The van der Waals surface area contributed by atoms with E-state index in [2.05, 4.69) is 0 Å². The number of hydrogen-bond acceptors (Lipinski definition) is 3. The van der Waals surface area contributed by atoms with Crippen LogP contribution in [0.5, 0.6) is 0 Å². The Morgan fingerprint density at radius 2 is 2.21 bits per heavy atom. The van der Waals surface area contributed by atoms with Crippen molar-refractivity contribution in [3.63, 3.8) is 0 Å². The molecule has 0 aromatic heterocycles. The van der Waals surface area contributed by atoms with Gasteiger partial charge in [0.25, 0.3) is 5.24 Å². The molecule has 1 aromatic rings. The van der Waals surface area contributed by atoms with Gasteiger partial charge in [-0.05, 0) is 36.2 Å². The number of nitriles is 1. The third-order valence-electron chi connectivity index (χ3n) is 1.76. The Morgan fingerprint density at radius 3 is 2.64 bits per heavy atom. The van der Waals surface area contributed by atoms with Crippen molar-refractivity contribution in [2.75, 3.05) is 0 Å². The van der Waals surface area contributed by atoms with Crippen LogP contribution in [0.4, 0.5) is 0 Å². The highest BCUT2D eigenvalue weighted by atomic mass is 35.5. The first-order valence-corrected chi connectivity index (χ1v) is 4.17. The van der Waals surface area contributed by atoms with Gasteiger partial charge in [-0.15, -0.1) is 0 Å². The van der Waals surface area contributed by atoms with Gasteiger partial charge in [0.15, 0.2) is 6.29 Å². The quantitative estimate of drug-likeness (QED) is 0.551. The summed E-state index contributed by atoms with van der Waals surface area (Å²) >= 11 is 5.28. The molecule has 0 amide bonds. The molecular formula is C10H6ClNO2. The van der Waals surface area contributed by atoms with Gasteiger partial charge in [-0.3, -0.25) is 9.59 Å². The van der Waals surface area contributed by atoms with Gasteiger partial charge in [0.2, 0.25) is 0 Å². The molecule has 3 nitrogen and oxygen atoms in total. The monoisotopic (exact) mass is 207 g/mol. The van der Waals surface area contributed by atoms with Crippen molar-refractivity contribution in [1.29, 1.82) is 5.26 Å². The van der Waals surface area contributed by atoms with Crippen molar-refractivity contribution in [2.24, 2.45) is 0 Å². The Labute approximate surface area is 85.9 Å². The van der Waals surface area contributed by atoms with Crippen molar-refractivity contribution in [2.45, 2.75) is 6.92 Å². The van der Waals surface area contributed by atoms with Gasteiger partial charge in [0, 0.05) is 5.56 Å². The summed E-state index contributed by atoms with van der Waals surface area (Å²) in [6, 6.07) is 4.81. The number of rotatable bonds is 2. The van der Waals surface area contributed by atoms with Gasteiger partial charge in [-0.1, -0.05) is 0 Å². The fourth-order valence-electron chi connectivity index (χ4n) is 1.19. The van der Waals surface area contributed by atoms with Crippen molar-refractivity contribution >= 4 is 23.1 Å². The van der Waals surface area contributed by atoms with Crippen LogP contribution < -0.4 is 0 Å². The zero-order valence-electron chi connectivity index (χ0n) is 7.37. The molecule has 70 valence electrons. The summed E-state index contributed by atoms with van der Waals surface area (Å²) in [4.78, 5) is 21.6. The minimum absolute atomic E-state index is 0.0330. The predicted octanol–water partition coefficient (Wildman–Crippen LogP) is 2.06. The van der Waals surface area contributed by atoms with Gasteiger partial charge < -0.3 is 0 Å². The third kappa shape index (κ3) is 1.81. The van der Waals surface area contributed by atoms with Crippen LogP contribution in [0.2, 0.25) is 0 Å². The molecule has 0 heterocycles. The third-order valence-corrected chi connectivity index (χ3v) is 1.97. The second-order valence-electron chi connectivity index (χ2n) is 2.78. The van der Waals surface area contributed by atoms with Crippen LogP contribution in [-0.4, -0.2) is 11.5 Å². The number of hydrogen-bond donors (Lipinski definition) is 0. The van der Waals surface area contributed by atoms with Crippen molar-refractivity contribution in [1.82, 2.24) is 0 Å². The normalized spacial score (nSPS) is 9.21. The zero-order chi connectivity index (χ0) is 10.7. The van der Waals surface area contributed by atoms with E-state index in [0.29, 0.717) is 6.29 Å². The van der Waals surface area contributed by atoms with Crippen LogP contribution in [0.15, 0.2) is 12.1 Å². The molecule has 0 unspecified atom stereocenters. The Hall–Kier alpha value is -1.66. The van der Waals surface area contributed by atoms with E-state index < -0.39 is 5.24 Å². The Bertz CT molecular complexity index is 446. The molecule has 0 bridgehead atoms. The number of benzene rings is 1. The van der Waals surface area contributed by atoms with Crippen LogP contribution >= 0.6 is 11.6 Å². The van der Waals surface area contributed by atoms with E-state index in [1.165, 1.54) is 12.1 Å². The van der Waals surface area contributed by atoms with Gasteiger partial charge in [-0.2, -0.15) is 5.26 Å². The first-order chi connectivity index (χ1) is 6.60. The lowest BCUT2D eigenvalue weighted by atomic mass is 10.0. The number of aryl methyl sites for hydroxylation is 1. The highest BCUT2D eigenvalue weighted by Gasteiger charge is 2.13. The molecule has 1 aromatic carbocycles. The Kier molecular flexibility index (Phi) is 3.00. The molecule has 14 heavy (non-hydrogen) atoms. The molecule has 0 saturated carbocycles. The number of nitrogens with zero attached hydrogens (tertiary/aromatic N) is 1. The second kappa shape index (κ2) is 4.03. The molecule has 0 saturated heterocycles. The standard InChI is InChI=1S/C10H6ClNO2/c1-6-2-7(5-13)9(4-12)8(3-6)10(11)14/h2-3,5H,1H3. The number of aldehydes is 1. The molecule has 0 fully saturated rings. The molecule has 0 N–H and O–H groups in total. The van der Waals surface area contributed by atoms with Crippen molar-refractivity contribution < 1.29 is 9.59 Å². The second-order valence-corrected chi connectivity index (χ2v) is 3.12. The molecule has 0 radical (unpaired) electrons. The van der Waals surface area contributed by atoms with Gasteiger partial charge in [0.05, 0.1) is 11.1 Å². The Morgan fingerprint density at radius 1 is 1.57 bits per heavy atom. The zero-order valence-corrected chi connectivity index (χ0v) is 8.13. The predicted molar refractivity (Wildman–Crippen MR) is 51.5 cm³/mol. The number of halogens is 1. The van der Waals surface area contributed by atoms with Crippen LogP contribution in [0, 0.1) is 18.3 Å². The van der Waals surface area contributed by atoms with E-state index in [9.17, 15) is 9.59 Å². The Balaban J connectivity index is 3.57. The summed E-state index contributed by atoms with van der Waals surface area (Å²) in [5, 5.41) is 8.02. The summed E-state index contributed by atoms with van der Waals surface area (Å²) < 4.78 is 0. The van der Waals surface area contributed by atoms with E-state index in [1.807, 2.05) is 0 Å². The van der Waals surface area contributed by atoms with Crippen LogP contribution in [0.25, 0.3) is 0 Å². The van der Waals surface area contributed by atoms with Crippen LogP contribution in [0.3, 0.4) is 0 Å². The highest BCUT2D eigenvalue weighted by molar-refractivity contribution is 6.68. The van der Waals surface area contributed by atoms with E-state index >= 15 is 0 Å². The lowest BCUT2D eigenvalue weighted by Gasteiger charge is -2.02. The van der Waals surface area contributed by atoms with E-state index in [1.54, 1.807) is 13.0 Å². The lowest BCUT2D eigenvalue weighted by Crippen LogP contribution is -2.00. The smallest absolute Gasteiger partial charge is 0.253 e. The minimum Gasteiger partial charge on any atom is -0.298 e. The fourth-order valence-corrected chi connectivity index (χ4v) is 1.34. The van der Waals surface area contributed by atoms with E-state index in [4.69, 9.17) is 16.9 Å². The summed E-state index contributed by atoms with van der Waals surface area (Å²) in [6.07, 6.45) is 0.537. The molecule has 0 aliphatic heterocycles. The molecule has 0 spiro atoms. The van der Waals surface area contributed by atoms with Gasteiger partial charge >= 0.3 is 0 Å². The highest BCUT2D eigenvalue weighted by Crippen LogP contribution is 2.17. The molecule has 4 heteroatoms. The van der Waals surface area contributed by atoms with Crippen molar-refractivity contribution in [3.8, 4) is 6.07 Å². The maximum atomic E-state index is 10.9. The minimum atomic E-state index is -0.728. The maximum Gasteiger partial charge on any atom is 0.253 e. The summed E-state index contributed by atoms with van der Waals surface area (Å²) in [7, 11) is 0. The SMILES string of the molecule is Cc1cc(C=O)c(C#N)c(C(=O)Cl)c1. The summed E-state index contributed by atoms with van der Waals surface area (Å²) in [5.41, 5.74) is 1.02. The van der Waals surface area contributed by atoms with Crippen LogP contribution in [-0.2, 0) is 0 Å². The first kappa shape index (κ1) is 10.4. The lowest BCUT2D eigenvalue weighted by molar-refractivity contribution is 0.108. The molecular weight excluding hydrogens is 202 g/mol. The average Bonchev–Trinajstić information content (AvgIpc) is 2.16. The first-order valence-electron chi connectivity index (χ1n) is 3.80. The number of carbonyl (C=O) groups excluding carboxylic acids is 2. The van der Waals surface area contributed by atoms with Gasteiger partial charge in [0.1, 0.15) is 6.07 Å². The molecule has 0 aliphatic rings. The van der Waals surface area contributed by atoms with Gasteiger partial charge in [-0.25, -0.2) is 0 Å². The fraction of sp³-hybridized carbons (Fsp3) is 0.100. The molecule has 0 aliphatic carbocycles. The van der Waals surface area contributed by atoms with Crippen molar-refractivity contribution in [3.05, 3.63) is 34.4 Å². The van der Waals surface area contributed by atoms with E-state index in [0.717, 1.165) is 5.56 Å². The molecule has 1 rings (SSSR count). The van der Waals surface area contributed by atoms with Crippen LogP contribution in [0.1, 0.15) is 31.8 Å². The summed E-state index contributed by atoms with van der Waals surface area (Å²) in [6.45, 7) is 1.72. The average molecular weight is 208 g/mol.